The molecule has 1 aliphatic heterocycles. The smallest absolute Gasteiger partial charge is 0.285 e. The fourth-order valence-electron chi connectivity index (χ4n) is 2.14. The number of hydrogen-bond donors (Lipinski definition) is 2. The van der Waals surface area contributed by atoms with E-state index in [-0.39, 0.29) is 15.6 Å². The van der Waals surface area contributed by atoms with E-state index in [1.54, 1.807) is 24.3 Å². The van der Waals surface area contributed by atoms with Gasteiger partial charge in [0.15, 0.2) is 4.32 Å². The summed E-state index contributed by atoms with van der Waals surface area (Å²) in [5, 5.41) is 11.3. The van der Waals surface area contributed by atoms with Crippen LogP contribution in [0, 0.1) is 0 Å². The van der Waals surface area contributed by atoms with Gasteiger partial charge in [-0.2, -0.15) is 5.01 Å². The van der Waals surface area contributed by atoms with Gasteiger partial charge in [0.05, 0.1) is 4.91 Å². The molecule has 2 N–H and O–H groups in total. The molecular formula is C17H10Cl2N2O3S2. The van der Waals surface area contributed by atoms with Crippen molar-refractivity contribution in [1.82, 2.24) is 10.4 Å². The van der Waals surface area contributed by atoms with E-state index in [0.717, 1.165) is 16.8 Å². The number of amides is 2. The monoisotopic (exact) mass is 424 g/mol. The van der Waals surface area contributed by atoms with Crippen LogP contribution in [-0.4, -0.2) is 26.3 Å². The summed E-state index contributed by atoms with van der Waals surface area (Å²) in [6, 6.07) is 10.7. The maximum absolute atomic E-state index is 12.5. The number of phenolic OH excluding ortho intramolecular Hbond substituents is 1. The van der Waals surface area contributed by atoms with E-state index in [9.17, 15) is 14.7 Å². The van der Waals surface area contributed by atoms with E-state index in [1.807, 2.05) is 0 Å². The SMILES string of the molecule is O=C(NN1C(=O)/C(=C/c2ccc(Cl)cc2Cl)SC1=S)c1cccc(O)c1. The number of aromatic hydroxyl groups is 1. The minimum atomic E-state index is -0.567. The second kappa shape index (κ2) is 7.67. The average Bonchev–Trinajstić information content (AvgIpc) is 2.85. The number of halogens is 2. The summed E-state index contributed by atoms with van der Waals surface area (Å²) in [5.74, 6) is -1.09. The Hall–Kier alpha value is -2.06. The first kappa shape index (κ1) is 18.7. The van der Waals surface area contributed by atoms with E-state index < -0.39 is 11.8 Å². The van der Waals surface area contributed by atoms with Crippen LogP contribution in [0.2, 0.25) is 10.0 Å². The molecule has 1 fully saturated rings. The Morgan fingerprint density at radius 1 is 1.23 bits per heavy atom. The van der Waals surface area contributed by atoms with Gasteiger partial charge in [-0.05, 0) is 54.2 Å². The number of carbonyl (C=O) groups is 2. The first-order valence-electron chi connectivity index (χ1n) is 7.18. The van der Waals surface area contributed by atoms with E-state index >= 15 is 0 Å². The average molecular weight is 425 g/mol. The zero-order valence-corrected chi connectivity index (χ0v) is 16.0. The number of hydrazine groups is 1. The number of thioether (sulfide) groups is 1. The topological polar surface area (TPSA) is 69.6 Å². The molecule has 1 saturated heterocycles. The lowest BCUT2D eigenvalue weighted by molar-refractivity contribution is -0.123. The lowest BCUT2D eigenvalue weighted by Crippen LogP contribution is -2.44. The molecule has 0 atom stereocenters. The third-order valence-electron chi connectivity index (χ3n) is 3.36. The van der Waals surface area contributed by atoms with Crippen LogP contribution in [0.3, 0.4) is 0 Å². The van der Waals surface area contributed by atoms with Crippen molar-refractivity contribution in [2.24, 2.45) is 0 Å². The lowest BCUT2D eigenvalue weighted by Gasteiger charge is -2.15. The molecule has 0 radical (unpaired) electrons. The first-order chi connectivity index (χ1) is 12.3. The number of nitrogens with zero attached hydrogens (tertiary/aromatic N) is 1. The summed E-state index contributed by atoms with van der Waals surface area (Å²) in [6.45, 7) is 0. The van der Waals surface area contributed by atoms with E-state index in [0.29, 0.717) is 20.5 Å². The molecule has 2 aromatic rings. The normalized spacial score (nSPS) is 15.6. The summed E-state index contributed by atoms with van der Waals surface area (Å²) in [5.41, 5.74) is 3.24. The minimum Gasteiger partial charge on any atom is -0.508 e. The van der Waals surface area contributed by atoms with Gasteiger partial charge in [-0.3, -0.25) is 15.0 Å². The number of hydrogen-bond acceptors (Lipinski definition) is 5. The zero-order valence-electron chi connectivity index (χ0n) is 12.9. The predicted molar refractivity (Wildman–Crippen MR) is 107 cm³/mol. The van der Waals surface area contributed by atoms with Gasteiger partial charge >= 0.3 is 0 Å². The Kier molecular flexibility index (Phi) is 5.52. The number of thiocarbonyl (C=S) groups is 1. The molecule has 26 heavy (non-hydrogen) atoms. The third kappa shape index (κ3) is 4.02. The van der Waals surface area contributed by atoms with E-state index in [4.69, 9.17) is 35.4 Å². The molecule has 132 valence electrons. The molecule has 1 heterocycles. The Morgan fingerprint density at radius 2 is 2.00 bits per heavy atom. The molecule has 0 spiro atoms. The summed E-state index contributed by atoms with van der Waals surface area (Å²) < 4.78 is 0.180. The fourth-order valence-corrected chi connectivity index (χ4v) is 3.77. The van der Waals surface area contributed by atoms with Crippen molar-refractivity contribution in [2.45, 2.75) is 0 Å². The molecule has 0 bridgehead atoms. The third-order valence-corrected chi connectivity index (χ3v) is 5.23. The van der Waals surface area contributed by atoms with Gasteiger partial charge in [0.2, 0.25) is 0 Å². The van der Waals surface area contributed by atoms with Crippen molar-refractivity contribution >= 4 is 69.4 Å². The molecule has 2 aromatic carbocycles. The van der Waals surface area contributed by atoms with Gasteiger partial charge in [-0.25, -0.2) is 0 Å². The summed E-state index contributed by atoms with van der Waals surface area (Å²) in [4.78, 5) is 25.1. The molecule has 0 aliphatic carbocycles. The molecule has 0 unspecified atom stereocenters. The Bertz CT molecular complexity index is 963. The number of benzene rings is 2. The predicted octanol–water partition coefficient (Wildman–Crippen LogP) is 4.25. The summed E-state index contributed by atoms with van der Waals surface area (Å²) in [6.07, 6.45) is 1.58. The summed E-state index contributed by atoms with van der Waals surface area (Å²) >= 11 is 18.2. The molecule has 1 aliphatic rings. The molecule has 0 saturated carbocycles. The van der Waals surface area contributed by atoms with Gasteiger partial charge in [0, 0.05) is 15.6 Å². The number of nitrogens with one attached hydrogen (secondary N) is 1. The van der Waals surface area contributed by atoms with Crippen LogP contribution in [0.4, 0.5) is 0 Å². The quantitative estimate of drug-likeness (QED) is 0.569. The molecule has 9 heteroatoms. The molecule has 3 rings (SSSR count). The van der Waals surface area contributed by atoms with Crippen LogP contribution in [0.5, 0.6) is 5.75 Å². The number of carbonyl (C=O) groups excluding carboxylic acids is 2. The van der Waals surface area contributed by atoms with Gasteiger partial charge in [-0.15, -0.1) is 0 Å². The van der Waals surface area contributed by atoms with Crippen LogP contribution >= 0.6 is 47.2 Å². The molecular weight excluding hydrogens is 415 g/mol. The Morgan fingerprint density at radius 3 is 2.69 bits per heavy atom. The van der Waals surface area contributed by atoms with Crippen LogP contribution < -0.4 is 5.43 Å². The number of phenols is 1. The van der Waals surface area contributed by atoms with Crippen molar-refractivity contribution in [3.05, 3.63) is 68.5 Å². The van der Waals surface area contributed by atoms with Crippen molar-refractivity contribution < 1.29 is 14.7 Å². The second-order valence-corrected chi connectivity index (χ2v) is 7.69. The Balaban J connectivity index is 1.80. The fraction of sp³-hybridized carbons (Fsp3) is 0. The van der Waals surface area contributed by atoms with Crippen LogP contribution in [0.1, 0.15) is 15.9 Å². The molecule has 2 amide bonds. The van der Waals surface area contributed by atoms with Crippen LogP contribution in [-0.2, 0) is 4.79 Å². The van der Waals surface area contributed by atoms with Crippen molar-refractivity contribution in [3.63, 3.8) is 0 Å². The van der Waals surface area contributed by atoms with Gasteiger partial charge in [0.1, 0.15) is 5.75 Å². The van der Waals surface area contributed by atoms with E-state index in [2.05, 4.69) is 5.43 Å². The maximum Gasteiger partial charge on any atom is 0.285 e. The van der Waals surface area contributed by atoms with E-state index in [1.165, 1.54) is 24.3 Å². The highest BCUT2D eigenvalue weighted by atomic mass is 35.5. The van der Waals surface area contributed by atoms with Crippen LogP contribution in [0.15, 0.2) is 47.4 Å². The van der Waals surface area contributed by atoms with Crippen molar-refractivity contribution in [1.29, 1.82) is 0 Å². The summed E-state index contributed by atoms with van der Waals surface area (Å²) in [7, 11) is 0. The number of rotatable bonds is 3. The highest BCUT2D eigenvalue weighted by molar-refractivity contribution is 8.26. The molecule has 5 nitrogen and oxygen atoms in total. The Labute approximate surface area is 168 Å². The standard InChI is InChI=1S/C17H10Cl2N2O3S2/c18-11-5-4-9(13(19)8-11)7-14-16(24)21(17(25)26-14)20-15(23)10-2-1-3-12(22)6-10/h1-8,22H,(H,20,23)/b14-7-. The largest absolute Gasteiger partial charge is 0.508 e. The zero-order chi connectivity index (χ0) is 18.8. The minimum absolute atomic E-state index is 0.0553. The molecule has 0 aromatic heterocycles. The van der Waals surface area contributed by atoms with Gasteiger partial charge < -0.3 is 5.11 Å². The first-order valence-corrected chi connectivity index (χ1v) is 9.16. The van der Waals surface area contributed by atoms with Crippen molar-refractivity contribution in [2.75, 3.05) is 0 Å². The van der Waals surface area contributed by atoms with Crippen LogP contribution in [0.25, 0.3) is 6.08 Å². The lowest BCUT2D eigenvalue weighted by atomic mass is 10.2. The highest BCUT2D eigenvalue weighted by Crippen LogP contribution is 2.33. The highest BCUT2D eigenvalue weighted by Gasteiger charge is 2.34. The van der Waals surface area contributed by atoms with Crippen molar-refractivity contribution in [3.8, 4) is 5.75 Å². The van der Waals surface area contributed by atoms with Gasteiger partial charge in [-0.1, -0.05) is 47.1 Å². The second-order valence-electron chi connectivity index (χ2n) is 5.17. The maximum atomic E-state index is 12.5. The van der Waals surface area contributed by atoms with Gasteiger partial charge in [0.25, 0.3) is 11.8 Å².